The van der Waals surface area contributed by atoms with E-state index >= 15 is 0 Å². The van der Waals surface area contributed by atoms with E-state index in [2.05, 4.69) is 4.98 Å². The Morgan fingerprint density at radius 3 is 2.91 bits per heavy atom. The van der Waals surface area contributed by atoms with Gasteiger partial charge in [0.2, 0.25) is 5.60 Å². The number of pyridine rings is 1. The van der Waals surface area contributed by atoms with Gasteiger partial charge >= 0.3 is 5.97 Å². The quantitative estimate of drug-likeness (QED) is 0.803. The van der Waals surface area contributed by atoms with Gasteiger partial charge in [0.05, 0.1) is 18.9 Å². The molecule has 1 aliphatic heterocycles. The number of esters is 1. The topological polar surface area (TPSA) is 57.7 Å². The zero-order chi connectivity index (χ0) is 15.2. The van der Waals surface area contributed by atoms with Crippen LogP contribution >= 0.6 is 0 Å². The Hall–Kier alpha value is -1.46. The Balaban J connectivity index is 1.69. The van der Waals surface area contributed by atoms with Gasteiger partial charge in [0.15, 0.2) is 5.79 Å². The number of fused-ring (bicyclic) bond motifs is 1. The van der Waals surface area contributed by atoms with Crippen LogP contribution in [0.15, 0.2) is 24.4 Å². The molecule has 3 unspecified atom stereocenters. The van der Waals surface area contributed by atoms with E-state index in [0.29, 0.717) is 37.2 Å². The molecule has 2 heterocycles. The molecule has 4 rings (SSSR count). The largest absolute Gasteiger partial charge is 0.464 e. The van der Waals surface area contributed by atoms with Gasteiger partial charge in [-0.05, 0) is 37.3 Å². The molecule has 0 radical (unpaired) electrons. The molecule has 3 aliphatic rings. The van der Waals surface area contributed by atoms with Crippen molar-refractivity contribution < 1.29 is 19.0 Å². The second-order valence-corrected chi connectivity index (χ2v) is 6.54. The van der Waals surface area contributed by atoms with Crippen molar-refractivity contribution in [3.8, 4) is 0 Å². The molecule has 5 nitrogen and oxygen atoms in total. The standard InChI is InChI=1S/C17H21NO4/c1-2-20-15(19)17(14-5-3-4-7-18-14)6-8-21-16(22-17)10-12-9-13(12)11-16/h3-5,7,12-13H,2,6,8-11H2,1H3. The molecule has 2 aliphatic carbocycles. The second kappa shape index (κ2) is 5.03. The lowest BCUT2D eigenvalue weighted by molar-refractivity contribution is -0.329. The summed E-state index contributed by atoms with van der Waals surface area (Å²) in [6.07, 6.45) is 5.16. The summed E-state index contributed by atoms with van der Waals surface area (Å²) >= 11 is 0. The lowest BCUT2D eigenvalue weighted by Crippen LogP contribution is -2.54. The fraction of sp³-hybridized carbons (Fsp3) is 0.647. The molecule has 0 aromatic carbocycles. The number of carbonyl (C=O) groups excluding carboxylic acids is 1. The van der Waals surface area contributed by atoms with E-state index in [0.717, 1.165) is 12.8 Å². The average molecular weight is 303 g/mol. The van der Waals surface area contributed by atoms with E-state index in [-0.39, 0.29) is 5.97 Å². The number of rotatable bonds is 3. The fourth-order valence-corrected chi connectivity index (χ4v) is 3.95. The van der Waals surface area contributed by atoms with Crippen LogP contribution in [-0.2, 0) is 24.6 Å². The molecule has 3 fully saturated rings. The van der Waals surface area contributed by atoms with Gasteiger partial charge in [-0.1, -0.05) is 6.07 Å². The number of carbonyl (C=O) groups is 1. The summed E-state index contributed by atoms with van der Waals surface area (Å²) in [6.45, 7) is 2.63. The number of hydrogen-bond donors (Lipinski definition) is 0. The first-order chi connectivity index (χ1) is 10.7. The van der Waals surface area contributed by atoms with Gasteiger partial charge in [-0.2, -0.15) is 0 Å². The Morgan fingerprint density at radius 1 is 1.41 bits per heavy atom. The molecule has 2 saturated carbocycles. The van der Waals surface area contributed by atoms with Crippen LogP contribution in [0, 0.1) is 11.8 Å². The third-order valence-electron chi connectivity index (χ3n) is 5.08. The van der Waals surface area contributed by atoms with Crippen molar-refractivity contribution in [2.45, 2.75) is 44.0 Å². The number of nitrogens with zero attached hydrogens (tertiary/aromatic N) is 1. The molecule has 1 saturated heterocycles. The maximum absolute atomic E-state index is 12.7. The van der Waals surface area contributed by atoms with Crippen molar-refractivity contribution in [3.05, 3.63) is 30.1 Å². The predicted octanol–water partition coefficient (Wildman–Crippen LogP) is 2.40. The highest BCUT2D eigenvalue weighted by Gasteiger charge is 2.62. The molecule has 1 spiro atoms. The Labute approximate surface area is 130 Å². The molecular formula is C17H21NO4. The summed E-state index contributed by atoms with van der Waals surface area (Å²) < 4.78 is 17.7. The van der Waals surface area contributed by atoms with Crippen molar-refractivity contribution in [1.29, 1.82) is 0 Å². The molecule has 0 N–H and O–H groups in total. The van der Waals surface area contributed by atoms with Gasteiger partial charge in [0, 0.05) is 25.5 Å². The first kappa shape index (κ1) is 14.2. The molecule has 22 heavy (non-hydrogen) atoms. The van der Waals surface area contributed by atoms with Crippen LogP contribution < -0.4 is 0 Å². The number of aromatic nitrogens is 1. The second-order valence-electron chi connectivity index (χ2n) is 6.54. The average Bonchev–Trinajstić information content (AvgIpc) is 3.16. The molecule has 5 heteroatoms. The third kappa shape index (κ3) is 2.15. The summed E-state index contributed by atoms with van der Waals surface area (Å²) in [5, 5.41) is 0. The minimum atomic E-state index is -1.13. The molecule has 1 aromatic heterocycles. The highest BCUT2D eigenvalue weighted by Crippen LogP contribution is 2.60. The third-order valence-corrected chi connectivity index (χ3v) is 5.08. The Morgan fingerprint density at radius 2 is 2.23 bits per heavy atom. The van der Waals surface area contributed by atoms with Crippen molar-refractivity contribution in [2.24, 2.45) is 11.8 Å². The molecular weight excluding hydrogens is 282 g/mol. The van der Waals surface area contributed by atoms with E-state index < -0.39 is 11.4 Å². The van der Waals surface area contributed by atoms with Crippen LogP contribution in [0.5, 0.6) is 0 Å². The maximum atomic E-state index is 12.7. The minimum absolute atomic E-state index is 0.329. The monoisotopic (exact) mass is 303 g/mol. The van der Waals surface area contributed by atoms with E-state index in [1.54, 1.807) is 6.20 Å². The fourth-order valence-electron chi connectivity index (χ4n) is 3.95. The first-order valence-corrected chi connectivity index (χ1v) is 8.10. The number of ether oxygens (including phenoxy) is 3. The van der Waals surface area contributed by atoms with E-state index in [9.17, 15) is 4.79 Å². The normalized spacial score (nSPS) is 39.5. The van der Waals surface area contributed by atoms with Crippen molar-refractivity contribution in [2.75, 3.05) is 13.2 Å². The molecule has 3 atom stereocenters. The van der Waals surface area contributed by atoms with Crippen molar-refractivity contribution in [1.82, 2.24) is 4.98 Å². The molecule has 0 bridgehead atoms. The highest BCUT2D eigenvalue weighted by atomic mass is 16.7. The highest BCUT2D eigenvalue weighted by molar-refractivity contribution is 5.81. The van der Waals surface area contributed by atoms with Crippen LogP contribution in [-0.4, -0.2) is 30.0 Å². The van der Waals surface area contributed by atoms with Crippen molar-refractivity contribution >= 4 is 5.97 Å². The van der Waals surface area contributed by atoms with E-state index in [1.165, 1.54) is 6.42 Å². The lowest BCUT2D eigenvalue weighted by Gasteiger charge is -2.45. The smallest absolute Gasteiger partial charge is 0.344 e. The van der Waals surface area contributed by atoms with Crippen LogP contribution in [0.25, 0.3) is 0 Å². The van der Waals surface area contributed by atoms with Crippen LogP contribution in [0.2, 0.25) is 0 Å². The molecule has 1 aromatic rings. The lowest BCUT2D eigenvalue weighted by atomic mass is 9.92. The summed E-state index contributed by atoms with van der Waals surface area (Å²) in [7, 11) is 0. The summed E-state index contributed by atoms with van der Waals surface area (Å²) in [6, 6.07) is 5.55. The van der Waals surface area contributed by atoms with Crippen LogP contribution in [0.1, 0.15) is 38.3 Å². The van der Waals surface area contributed by atoms with Gasteiger partial charge in [-0.3, -0.25) is 4.98 Å². The van der Waals surface area contributed by atoms with Gasteiger partial charge in [-0.25, -0.2) is 4.79 Å². The summed E-state index contributed by atoms with van der Waals surface area (Å²) in [5.74, 6) is 0.413. The van der Waals surface area contributed by atoms with Gasteiger partial charge in [0.25, 0.3) is 0 Å². The summed E-state index contributed by atoms with van der Waals surface area (Å²) in [5.41, 5.74) is -0.511. The van der Waals surface area contributed by atoms with Crippen LogP contribution in [0.4, 0.5) is 0 Å². The maximum Gasteiger partial charge on any atom is 0.344 e. The zero-order valence-corrected chi connectivity index (χ0v) is 12.8. The van der Waals surface area contributed by atoms with Gasteiger partial charge in [-0.15, -0.1) is 0 Å². The van der Waals surface area contributed by atoms with Gasteiger partial charge < -0.3 is 14.2 Å². The van der Waals surface area contributed by atoms with Gasteiger partial charge in [0.1, 0.15) is 0 Å². The zero-order valence-electron chi connectivity index (χ0n) is 12.8. The summed E-state index contributed by atoms with van der Waals surface area (Å²) in [4.78, 5) is 17.1. The predicted molar refractivity (Wildman–Crippen MR) is 77.8 cm³/mol. The first-order valence-electron chi connectivity index (χ1n) is 8.10. The Bertz CT molecular complexity index is 565. The Kier molecular flexibility index (Phi) is 3.24. The number of hydrogen-bond acceptors (Lipinski definition) is 5. The SMILES string of the molecule is CCOC(=O)C1(c2ccccn2)CCOC2(CC3CC3C2)O1. The van der Waals surface area contributed by atoms with E-state index in [4.69, 9.17) is 14.2 Å². The van der Waals surface area contributed by atoms with Crippen LogP contribution in [0.3, 0.4) is 0 Å². The minimum Gasteiger partial charge on any atom is -0.464 e. The van der Waals surface area contributed by atoms with Crippen molar-refractivity contribution in [3.63, 3.8) is 0 Å². The molecule has 0 amide bonds. The molecule has 118 valence electrons. The van der Waals surface area contributed by atoms with E-state index in [1.807, 2.05) is 25.1 Å².